The summed E-state index contributed by atoms with van der Waals surface area (Å²) in [5.41, 5.74) is 0.555. The van der Waals surface area contributed by atoms with Gasteiger partial charge in [0.05, 0.1) is 11.5 Å². The fraction of sp³-hybridized carbons (Fsp3) is 0.400. The zero-order valence-electron chi connectivity index (χ0n) is 9.70. The van der Waals surface area contributed by atoms with Gasteiger partial charge in [0.25, 0.3) is 13.4 Å². The van der Waals surface area contributed by atoms with E-state index >= 15 is 0 Å². The minimum atomic E-state index is -2.31. The maximum atomic E-state index is 10.5. The molecule has 0 bridgehead atoms. The third-order valence-electron chi connectivity index (χ3n) is 1.93. The van der Waals surface area contributed by atoms with Crippen LogP contribution in [0.4, 0.5) is 5.69 Å². The van der Waals surface area contributed by atoms with Crippen molar-refractivity contribution >= 4 is 25.2 Å². The molecule has 0 aliphatic rings. The molecule has 7 heteroatoms. The molecule has 0 radical (unpaired) electrons. The average molecular weight is 276 g/mol. The number of non-ortho nitro benzene ring substituents is 1. The lowest BCUT2D eigenvalue weighted by atomic mass is 10.3. The van der Waals surface area contributed by atoms with Crippen LogP contribution in [0.25, 0.3) is 0 Å². The average Bonchev–Trinajstić information content (AvgIpc) is 2.27. The summed E-state index contributed by atoms with van der Waals surface area (Å²) in [5.74, 6) is 0. The van der Waals surface area contributed by atoms with Crippen molar-refractivity contribution in [1.82, 2.24) is 0 Å². The van der Waals surface area contributed by atoms with E-state index in [2.05, 4.69) is 0 Å². The number of benzene rings is 1. The first-order valence-electron chi connectivity index (χ1n) is 5.04. The van der Waals surface area contributed by atoms with Crippen LogP contribution in [0.5, 0.6) is 0 Å². The summed E-state index contributed by atoms with van der Waals surface area (Å²) >= 11 is 1.44. The number of nitro groups is 1. The SMILES string of the molecule is CCO[P+](C)(O)CSc1ccc([N+](=O)[O-])cc1. The molecular weight excluding hydrogens is 261 g/mol. The van der Waals surface area contributed by atoms with E-state index in [1.54, 1.807) is 18.8 Å². The van der Waals surface area contributed by atoms with Gasteiger partial charge in [0.2, 0.25) is 0 Å². The van der Waals surface area contributed by atoms with Crippen molar-refractivity contribution in [1.29, 1.82) is 0 Å². The maximum Gasteiger partial charge on any atom is 0.278 e. The Labute approximate surface area is 105 Å². The van der Waals surface area contributed by atoms with E-state index in [1.807, 2.05) is 6.92 Å². The highest BCUT2D eigenvalue weighted by molar-refractivity contribution is 8.05. The first-order valence-corrected chi connectivity index (χ1v) is 8.32. The van der Waals surface area contributed by atoms with Crippen LogP contribution in [0.15, 0.2) is 29.2 Å². The summed E-state index contributed by atoms with van der Waals surface area (Å²) in [5, 5.41) is 10.5. The lowest BCUT2D eigenvalue weighted by Gasteiger charge is -2.12. The van der Waals surface area contributed by atoms with Crippen LogP contribution >= 0.6 is 19.5 Å². The van der Waals surface area contributed by atoms with Gasteiger partial charge >= 0.3 is 0 Å². The molecule has 0 fully saturated rings. The monoisotopic (exact) mass is 276 g/mol. The zero-order chi connectivity index (χ0) is 12.9. The summed E-state index contributed by atoms with van der Waals surface area (Å²) in [7, 11) is -2.31. The molecule has 1 atom stereocenters. The van der Waals surface area contributed by atoms with Crippen molar-refractivity contribution in [3.8, 4) is 0 Å². The molecule has 94 valence electrons. The number of thioether (sulfide) groups is 1. The second kappa shape index (κ2) is 6.31. The quantitative estimate of drug-likeness (QED) is 0.374. The molecule has 1 unspecified atom stereocenters. The summed E-state index contributed by atoms with van der Waals surface area (Å²) in [6.07, 6.45) is 0. The Balaban J connectivity index is 2.55. The summed E-state index contributed by atoms with van der Waals surface area (Å²) < 4.78 is 5.25. The van der Waals surface area contributed by atoms with Crippen molar-refractivity contribution in [2.75, 3.05) is 18.8 Å². The Morgan fingerprint density at radius 3 is 2.53 bits per heavy atom. The van der Waals surface area contributed by atoms with Crippen LogP contribution in [0.2, 0.25) is 0 Å². The van der Waals surface area contributed by atoms with Crippen LogP contribution < -0.4 is 0 Å². The minimum absolute atomic E-state index is 0.0701. The Kier molecular flexibility index (Phi) is 5.33. The van der Waals surface area contributed by atoms with Gasteiger partial charge in [0.1, 0.15) is 6.66 Å². The highest BCUT2D eigenvalue weighted by atomic mass is 32.2. The third kappa shape index (κ3) is 5.00. The van der Waals surface area contributed by atoms with E-state index in [0.29, 0.717) is 12.1 Å². The summed E-state index contributed by atoms with van der Waals surface area (Å²) in [6.45, 7) is 4.03. The van der Waals surface area contributed by atoms with Crippen LogP contribution in [0.3, 0.4) is 0 Å². The van der Waals surface area contributed by atoms with Gasteiger partial charge in [0, 0.05) is 17.0 Å². The molecule has 0 amide bonds. The number of hydrogen-bond donors (Lipinski definition) is 1. The van der Waals surface area contributed by atoms with Gasteiger partial charge in [-0.05, 0) is 19.1 Å². The normalized spacial score (nSPS) is 14.3. The highest BCUT2D eigenvalue weighted by Gasteiger charge is 2.30. The van der Waals surface area contributed by atoms with Gasteiger partial charge in [0.15, 0.2) is 5.49 Å². The molecule has 1 rings (SSSR count). The van der Waals surface area contributed by atoms with E-state index in [9.17, 15) is 15.0 Å². The second-order valence-electron chi connectivity index (χ2n) is 3.49. The molecular formula is C10H15NO4PS+. The van der Waals surface area contributed by atoms with E-state index in [1.165, 1.54) is 23.9 Å². The standard InChI is InChI=1S/C10H15NO4PS/c1-3-15-16(2,14)8-17-10-6-4-9(5-7-10)11(12)13/h4-7,14H,3,8H2,1-2H3/q+1. The molecule has 0 heterocycles. The predicted molar refractivity (Wildman–Crippen MR) is 70.5 cm³/mol. The first-order chi connectivity index (χ1) is 7.94. The number of nitrogens with zero attached hydrogens (tertiary/aromatic N) is 1. The van der Waals surface area contributed by atoms with Gasteiger partial charge in [-0.25, -0.2) is 9.42 Å². The van der Waals surface area contributed by atoms with E-state index < -0.39 is 12.6 Å². The van der Waals surface area contributed by atoms with Gasteiger partial charge < -0.3 is 0 Å². The molecule has 0 saturated carbocycles. The fourth-order valence-corrected chi connectivity index (χ4v) is 3.91. The molecule has 5 nitrogen and oxygen atoms in total. The van der Waals surface area contributed by atoms with Crippen molar-refractivity contribution in [3.63, 3.8) is 0 Å². The molecule has 0 aliphatic heterocycles. The van der Waals surface area contributed by atoms with E-state index in [-0.39, 0.29) is 5.69 Å². The van der Waals surface area contributed by atoms with Crippen LogP contribution in [-0.2, 0) is 4.52 Å². The summed E-state index contributed by atoms with van der Waals surface area (Å²) in [4.78, 5) is 20.8. The van der Waals surface area contributed by atoms with Gasteiger partial charge in [-0.1, -0.05) is 11.8 Å². The Bertz CT molecular complexity index is 382. The van der Waals surface area contributed by atoms with Crippen molar-refractivity contribution in [2.24, 2.45) is 0 Å². The van der Waals surface area contributed by atoms with Crippen LogP contribution in [-0.4, -0.2) is 28.6 Å². The Morgan fingerprint density at radius 2 is 2.06 bits per heavy atom. The molecule has 0 spiro atoms. The topological polar surface area (TPSA) is 72.6 Å². The molecule has 17 heavy (non-hydrogen) atoms. The Morgan fingerprint density at radius 1 is 1.47 bits per heavy atom. The smallest absolute Gasteiger partial charge is 0.258 e. The predicted octanol–water partition coefficient (Wildman–Crippen LogP) is 3.15. The highest BCUT2D eigenvalue weighted by Crippen LogP contribution is 2.55. The molecule has 0 aromatic heterocycles. The van der Waals surface area contributed by atoms with Crippen molar-refractivity contribution in [3.05, 3.63) is 34.4 Å². The second-order valence-corrected chi connectivity index (χ2v) is 7.65. The van der Waals surface area contributed by atoms with E-state index in [4.69, 9.17) is 4.52 Å². The number of hydrogen-bond acceptors (Lipinski definition) is 5. The molecule has 1 aromatic rings. The number of rotatable bonds is 6. The molecule has 1 N–H and O–H groups in total. The van der Waals surface area contributed by atoms with Crippen molar-refractivity contribution < 1.29 is 14.3 Å². The molecule has 0 saturated heterocycles. The fourth-order valence-electron chi connectivity index (χ4n) is 1.17. The van der Waals surface area contributed by atoms with Gasteiger partial charge in [-0.15, -0.1) is 0 Å². The number of nitro benzene ring substituents is 1. The summed E-state index contributed by atoms with van der Waals surface area (Å²) in [6, 6.07) is 6.26. The van der Waals surface area contributed by atoms with Gasteiger partial charge in [-0.2, -0.15) is 0 Å². The zero-order valence-corrected chi connectivity index (χ0v) is 11.4. The third-order valence-corrected chi connectivity index (χ3v) is 5.78. The first kappa shape index (κ1) is 14.4. The lowest BCUT2D eigenvalue weighted by molar-refractivity contribution is -0.384. The molecule has 0 aliphatic carbocycles. The largest absolute Gasteiger partial charge is 0.278 e. The van der Waals surface area contributed by atoms with Crippen LogP contribution in [0.1, 0.15) is 6.92 Å². The van der Waals surface area contributed by atoms with Gasteiger partial charge in [-0.3, -0.25) is 10.1 Å². The minimum Gasteiger partial charge on any atom is -0.258 e. The maximum absolute atomic E-state index is 10.5. The Hall–Kier alpha value is -0.680. The van der Waals surface area contributed by atoms with Crippen molar-refractivity contribution in [2.45, 2.75) is 11.8 Å². The van der Waals surface area contributed by atoms with E-state index in [0.717, 1.165) is 4.90 Å². The van der Waals surface area contributed by atoms with Crippen LogP contribution in [0, 0.1) is 10.1 Å². The molecule has 1 aromatic carbocycles. The lowest BCUT2D eigenvalue weighted by Crippen LogP contribution is -1.98.